The normalized spacial score (nSPS) is 10.9. The zero-order chi connectivity index (χ0) is 11.5. The van der Waals surface area contributed by atoms with Crippen LogP contribution in [0.2, 0.25) is 0 Å². The maximum Gasteiger partial charge on any atom is 0.417 e. The van der Waals surface area contributed by atoms with Crippen molar-refractivity contribution in [3.8, 4) is 0 Å². The molecule has 8 heteroatoms. The largest absolute Gasteiger partial charge is 0.417 e. The first kappa shape index (κ1) is 11.8. The van der Waals surface area contributed by atoms with Crippen LogP contribution < -0.4 is 5.76 Å². The number of fused-ring (bicyclic) bond motifs is 1. The fraction of sp³-hybridized carbons (Fsp3) is 0. The molecule has 0 aliphatic carbocycles. The van der Waals surface area contributed by atoms with E-state index in [4.69, 9.17) is 20.4 Å². The molecular weight excluding hydrogens is 269 g/mol. The summed E-state index contributed by atoms with van der Waals surface area (Å²) in [5.41, 5.74) is 1.35. The first-order chi connectivity index (χ1) is 6.86. The average Bonchev–Trinajstić information content (AvgIpc) is 2.40. The Bertz CT molecular complexity index is 493. The van der Waals surface area contributed by atoms with E-state index in [0.29, 0.717) is 5.58 Å². The molecule has 0 amide bonds. The van der Waals surface area contributed by atoms with Crippen LogP contribution in [0.25, 0.3) is 11.1 Å². The van der Waals surface area contributed by atoms with Crippen molar-refractivity contribution in [2.45, 2.75) is 0 Å². The Morgan fingerprint density at radius 2 is 1.73 bits per heavy atom. The van der Waals surface area contributed by atoms with Gasteiger partial charge in [-0.15, -0.1) is 0 Å². The first-order valence-corrected chi connectivity index (χ1v) is 7.01. The van der Waals surface area contributed by atoms with Gasteiger partial charge in [0.2, 0.25) is 0 Å². The Hall–Kier alpha value is -1.27. The van der Waals surface area contributed by atoms with Crippen molar-refractivity contribution in [1.29, 1.82) is 0 Å². The van der Waals surface area contributed by atoms with E-state index < -0.39 is 20.3 Å². The minimum atomic E-state index is -5.12. The molecule has 0 unspecified atom stereocenters. The van der Waals surface area contributed by atoms with Gasteiger partial charge in [0.25, 0.3) is 0 Å². The molecule has 0 spiro atoms. The summed E-state index contributed by atoms with van der Waals surface area (Å²) >= 11 is -5.12. The first-order valence-electron chi connectivity index (χ1n) is 3.72. The Morgan fingerprint density at radius 1 is 1.20 bits per heavy atom. The smallest absolute Gasteiger partial charge is 0.408 e. The molecule has 2 aromatic rings. The van der Waals surface area contributed by atoms with Crippen LogP contribution in [0.1, 0.15) is 0 Å². The van der Waals surface area contributed by atoms with E-state index in [-0.39, 0.29) is 0 Å². The molecule has 0 fully saturated rings. The van der Waals surface area contributed by atoms with Gasteiger partial charge in [-0.25, -0.2) is 4.79 Å². The van der Waals surface area contributed by atoms with Gasteiger partial charge >= 0.3 is 36.3 Å². The van der Waals surface area contributed by atoms with Gasteiger partial charge in [0, 0.05) is 0 Å². The monoisotopic (exact) mass is 277 g/mol. The SMILES string of the molecule is O=[As](O)(O)O.O=c1[nH]c2ccccc2o1. The number of hydrogen-bond acceptors (Lipinski definition) is 3. The summed E-state index contributed by atoms with van der Waals surface area (Å²) in [4.78, 5) is 13.1. The van der Waals surface area contributed by atoms with Gasteiger partial charge in [-0.1, -0.05) is 12.1 Å². The molecule has 82 valence electrons. The quantitative estimate of drug-likeness (QED) is 0.455. The molecule has 7 nitrogen and oxygen atoms in total. The summed E-state index contributed by atoms with van der Waals surface area (Å²) in [6, 6.07) is 7.19. The number of nitrogens with one attached hydrogen (secondary N) is 1. The molecule has 1 heterocycles. The number of rotatable bonds is 0. The molecule has 0 aliphatic heterocycles. The van der Waals surface area contributed by atoms with Gasteiger partial charge in [-0.3, -0.25) is 4.98 Å². The number of aromatic amines is 1. The molecule has 0 saturated carbocycles. The maximum absolute atomic E-state index is 10.6. The molecule has 2 rings (SSSR count). The Morgan fingerprint density at radius 3 is 2.27 bits per heavy atom. The Kier molecular flexibility index (Phi) is 3.54. The van der Waals surface area contributed by atoms with Crippen LogP contribution in [-0.2, 0) is 3.74 Å². The molecule has 1 aromatic carbocycles. The van der Waals surface area contributed by atoms with E-state index in [0.717, 1.165) is 5.52 Å². The van der Waals surface area contributed by atoms with Crippen molar-refractivity contribution >= 4 is 25.6 Å². The molecular formula is C7H8AsNO6. The van der Waals surface area contributed by atoms with Gasteiger partial charge in [0.15, 0.2) is 5.58 Å². The summed E-state index contributed by atoms with van der Waals surface area (Å²) < 4.78 is 35.4. The molecule has 0 aliphatic rings. The number of benzene rings is 1. The second-order valence-electron chi connectivity index (χ2n) is 2.52. The van der Waals surface area contributed by atoms with Crippen LogP contribution in [0.4, 0.5) is 0 Å². The third kappa shape index (κ3) is 4.66. The predicted molar refractivity (Wildman–Crippen MR) is 49.9 cm³/mol. The minimum absolute atomic E-state index is 0.402. The molecule has 4 N–H and O–H groups in total. The van der Waals surface area contributed by atoms with Crippen LogP contribution in [-0.4, -0.2) is 31.8 Å². The molecule has 0 radical (unpaired) electrons. The van der Waals surface area contributed by atoms with Crippen molar-refractivity contribution in [3.63, 3.8) is 0 Å². The second-order valence-corrected chi connectivity index (χ2v) is 4.68. The van der Waals surface area contributed by atoms with Gasteiger partial charge < -0.3 is 4.42 Å². The number of aromatic nitrogens is 1. The van der Waals surface area contributed by atoms with Gasteiger partial charge in [-0.2, -0.15) is 0 Å². The molecule has 0 saturated heterocycles. The number of oxazole rings is 1. The van der Waals surface area contributed by atoms with Crippen LogP contribution in [0.5, 0.6) is 0 Å². The summed E-state index contributed by atoms with van der Waals surface area (Å²) in [5, 5.41) is 0. The van der Waals surface area contributed by atoms with Crippen molar-refractivity contribution in [1.82, 2.24) is 4.98 Å². The van der Waals surface area contributed by atoms with E-state index in [1.54, 1.807) is 12.1 Å². The number of H-pyrrole nitrogens is 1. The summed E-state index contributed by atoms with van der Waals surface area (Å²) in [6.07, 6.45) is 0. The topological polar surface area (TPSA) is 124 Å². The van der Waals surface area contributed by atoms with Crippen molar-refractivity contribution in [3.05, 3.63) is 34.8 Å². The van der Waals surface area contributed by atoms with Crippen LogP contribution in [0, 0.1) is 0 Å². The van der Waals surface area contributed by atoms with Gasteiger partial charge in [-0.05, 0) is 12.1 Å². The third-order valence-electron chi connectivity index (χ3n) is 1.33. The van der Waals surface area contributed by atoms with E-state index in [9.17, 15) is 4.79 Å². The molecule has 0 atom stereocenters. The summed E-state index contributed by atoms with van der Waals surface area (Å²) in [7, 11) is 0. The third-order valence-corrected chi connectivity index (χ3v) is 1.33. The zero-order valence-corrected chi connectivity index (χ0v) is 9.20. The van der Waals surface area contributed by atoms with Crippen LogP contribution in [0.15, 0.2) is 33.5 Å². The second kappa shape index (κ2) is 4.50. The maximum atomic E-state index is 10.6. The van der Waals surface area contributed by atoms with Crippen molar-refractivity contribution in [2.24, 2.45) is 0 Å². The number of para-hydroxylation sites is 2. The van der Waals surface area contributed by atoms with E-state index in [2.05, 4.69) is 4.98 Å². The van der Waals surface area contributed by atoms with Crippen LogP contribution in [0.3, 0.4) is 0 Å². The van der Waals surface area contributed by atoms with E-state index in [1.165, 1.54) is 0 Å². The minimum Gasteiger partial charge on any atom is -0.408 e. The fourth-order valence-corrected chi connectivity index (χ4v) is 0.894. The van der Waals surface area contributed by atoms with Crippen LogP contribution >= 0.6 is 0 Å². The fourth-order valence-electron chi connectivity index (χ4n) is 0.894. The van der Waals surface area contributed by atoms with E-state index >= 15 is 0 Å². The predicted octanol–water partition coefficient (Wildman–Crippen LogP) is -1.05. The van der Waals surface area contributed by atoms with Gasteiger partial charge in [0.05, 0.1) is 5.52 Å². The summed E-state index contributed by atoms with van der Waals surface area (Å²) in [5.74, 6) is -0.402. The van der Waals surface area contributed by atoms with E-state index in [1.807, 2.05) is 12.1 Å². The van der Waals surface area contributed by atoms with Crippen molar-refractivity contribution in [2.75, 3.05) is 0 Å². The van der Waals surface area contributed by atoms with Gasteiger partial charge in [0.1, 0.15) is 0 Å². The standard InChI is InChI=1S/C7H5NO2.AsH3O4/c9-7-8-5-3-1-2-4-6(5)10-7;2-1(3,4)5/h1-4H,(H,8,9);(H3,2,3,4,5). The molecule has 15 heavy (non-hydrogen) atoms. The molecule has 1 aromatic heterocycles. The zero-order valence-electron chi connectivity index (χ0n) is 7.32. The Balaban J connectivity index is 0.000000195. The molecule has 0 bridgehead atoms. The average molecular weight is 277 g/mol. The Labute approximate surface area is 86.3 Å². The number of hydrogen-bond donors (Lipinski definition) is 4. The van der Waals surface area contributed by atoms with Crippen molar-refractivity contribution < 1.29 is 20.4 Å². The summed E-state index contributed by atoms with van der Waals surface area (Å²) in [6.45, 7) is 0.